The number of rotatable bonds is 4. The third kappa shape index (κ3) is 3.51. The summed E-state index contributed by atoms with van der Waals surface area (Å²) in [6.07, 6.45) is 5.49. The Balaban J connectivity index is 2.59. The van der Waals surface area contributed by atoms with Crippen LogP contribution in [0.5, 0.6) is 0 Å². The van der Waals surface area contributed by atoms with Gasteiger partial charge in [-0.05, 0) is 18.9 Å². The highest BCUT2D eigenvalue weighted by atomic mass is 14.8. The predicted octanol–water partition coefficient (Wildman–Crippen LogP) is 1.18. The van der Waals surface area contributed by atoms with Crippen molar-refractivity contribution in [3.63, 3.8) is 0 Å². The summed E-state index contributed by atoms with van der Waals surface area (Å²) in [4.78, 5) is 8.60. The van der Waals surface area contributed by atoms with Crippen LogP contribution in [0.1, 0.15) is 25.2 Å². The van der Waals surface area contributed by atoms with E-state index in [0.717, 1.165) is 24.2 Å². The van der Waals surface area contributed by atoms with Gasteiger partial charge in [-0.15, -0.1) is 0 Å². The van der Waals surface area contributed by atoms with E-state index in [2.05, 4.69) is 23.8 Å². The van der Waals surface area contributed by atoms with Crippen molar-refractivity contribution in [2.45, 2.75) is 26.7 Å². The topological polar surface area (TPSA) is 51.8 Å². The molecule has 3 nitrogen and oxygen atoms in total. The lowest BCUT2D eigenvalue weighted by atomic mass is 10.1. The fourth-order valence-electron chi connectivity index (χ4n) is 1.18. The van der Waals surface area contributed by atoms with Crippen LogP contribution in [0.25, 0.3) is 0 Å². The molecule has 0 fully saturated rings. The molecule has 0 bridgehead atoms. The fraction of sp³-hybridized carbons (Fsp3) is 0.600. The van der Waals surface area contributed by atoms with Gasteiger partial charge in [0.2, 0.25) is 0 Å². The van der Waals surface area contributed by atoms with E-state index in [-0.39, 0.29) is 0 Å². The molecule has 0 unspecified atom stereocenters. The van der Waals surface area contributed by atoms with Gasteiger partial charge >= 0.3 is 0 Å². The van der Waals surface area contributed by atoms with Crippen molar-refractivity contribution in [2.24, 2.45) is 11.7 Å². The number of hydrogen-bond acceptors (Lipinski definition) is 3. The third-order valence-electron chi connectivity index (χ3n) is 1.78. The second-order valence-corrected chi connectivity index (χ2v) is 3.64. The smallest absolute Gasteiger partial charge is 0.0599 e. The summed E-state index contributed by atoms with van der Waals surface area (Å²) in [6, 6.07) is 0. The van der Waals surface area contributed by atoms with E-state index in [9.17, 15) is 0 Å². The van der Waals surface area contributed by atoms with Crippen LogP contribution in [-0.4, -0.2) is 16.5 Å². The van der Waals surface area contributed by atoms with Gasteiger partial charge in [0.05, 0.1) is 11.4 Å². The maximum atomic E-state index is 5.41. The molecule has 1 aromatic heterocycles. The zero-order valence-corrected chi connectivity index (χ0v) is 8.33. The molecule has 0 aliphatic carbocycles. The number of aromatic nitrogens is 2. The van der Waals surface area contributed by atoms with Gasteiger partial charge in [-0.2, -0.15) is 0 Å². The van der Waals surface area contributed by atoms with Crippen molar-refractivity contribution in [2.75, 3.05) is 6.54 Å². The van der Waals surface area contributed by atoms with Crippen LogP contribution in [0.3, 0.4) is 0 Å². The van der Waals surface area contributed by atoms with E-state index in [1.165, 1.54) is 0 Å². The molecule has 0 aromatic carbocycles. The molecule has 0 amide bonds. The third-order valence-corrected chi connectivity index (χ3v) is 1.78. The highest BCUT2D eigenvalue weighted by molar-refractivity contribution is 5.03. The Hall–Kier alpha value is -0.960. The monoisotopic (exact) mass is 179 g/mol. The van der Waals surface area contributed by atoms with Crippen LogP contribution in [0.15, 0.2) is 12.4 Å². The van der Waals surface area contributed by atoms with Crippen LogP contribution >= 0.6 is 0 Å². The molecule has 0 atom stereocenters. The standard InChI is InChI=1S/C10H17N3/c1-8(2)5-10-7-12-9(3-4-11)6-13-10/h6-8H,3-5,11H2,1-2H3. The van der Waals surface area contributed by atoms with Crippen LogP contribution < -0.4 is 5.73 Å². The number of nitrogens with two attached hydrogens (primary N) is 1. The lowest BCUT2D eigenvalue weighted by molar-refractivity contribution is 0.631. The van der Waals surface area contributed by atoms with Gasteiger partial charge in [-0.3, -0.25) is 9.97 Å². The van der Waals surface area contributed by atoms with Gasteiger partial charge in [-0.1, -0.05) is 13.8 Å². The second kappa shape index (κ2) is 4.92. The summed E-state index contributed by atoms with van der Waals surface area (Å²) in [6.45, 7) is 4.99. The Labute approximate surface area is 79.4 Å². The van der Waals surface area contributed by atoms with Gasteiger partial charge < -0.3 is 5.73 Å². The van der Waals surface area contributed by atoms with E-state index in [0.29, 0.717) is 12.5 Å². The average molecular weight is 179 g/mol. The molecule has 0 saturated heterocycles. The van der Waals surface area contributed by atoms with E-state index < -0.39 is 0 Å². The molecule has 1 rings (SSSR count). The predicted molar refractivity (Wildman–Crippen MR) is 53.3 cm³/mol. The summed E-state index contributed by atoms with van der Waals surface area (Å²) in [5.74, 6) is 0.634. The Bertz CT molecular complexity index is 241. The molecule has 0 saturated carbocycles. The van der Waals surface area contributed by atoms with E-state index >= 15 is 0 Å². The molecule has 2 N–H and O–H groups in total. The molecule has 1 aromatic rings. The van der Waals surface area contributed by atoms with Gasteiger partial charge in [0.1, 0.15) is 0 Å². The molecule has 3 heteroatoms. The first kappa shape index (κ1) is 10.1. The molecular formula is C10H17N3. The van der Waals surface area contributed by atoms with Gasteiger partial charge in [0.25, 0.3) is 0 Å². The number of nitrogens with zero attached hydrogens (tertiary/aromatic N) is 2. The van der Waals surface area contributed by atoms with Crippen molar-refractivity contribution in [3.05, 3.63) is 23.8 Å². The lowest BCUT2D eigenvalue weighted by Crippen LogP contribution is -2.06. The van der Waals surface area contributed by atoms with Crippen molar-refractivity contribution >= 4 is 0 Å². The van der Waals surface area contributed by atoms with E-state index in [1.807, 2.05) is 12.4 Å². The molecule has 0 radical (unpaired) electrons. The zero-order valence-electron chi connectivity index (χ0n) is 8.33. The minimum atomic E-state index is 0.634. The van der Waals surface area contributed by atoms with Crippen LogP contribution in [0.2, 0.25) is 0 Å². The lowest BCUT2D eigenvalue weighted by Gasteiger charge is -2.03. The first-order valence-electron chi connectivity index (χ1n) is 4.72. The molecule has 0 aliphatic rings. The summed E-state index contributed by atoms with van der Waals surface area (Å²) in [7, 11) is 0. The first-order valence-corrected chi connectivity index (χ1v) is 4.72. The zero-order chi connectivity index (χ0) is 9.68. The molecule has 0 spiro atoms. The van der Waals surface area contributed by atoms with E-state index in [1.54, 1.807) is 0 Å². The molecular weight excluding hydrogens is 162 g/mol. The van der Waals surface area contributed by atoms with Crippen molar-refractivity contribution < 1.29 is 0 Å². The number of hydrogen-bond donors (Lipinski definition) is 1. The summed E-state index contributed by atoms with van der Waals surface area (Å²) < 4.78 is 0. The molecule has 0 aliphatic heterocycles. The molecule has 72 valence electrons. The fourth-order valence-corrected chi connectivity index (χ4v) is 1.18. The van der Waals surface area contributed by atoms with Gasteiger partial charge in [-0.25, -0.2) is 0 Å². The summed E-state index contributed by atoms with van der Waals surface area (Å²) in [5.41, 5.74) is 7.46. The normalized spacial score (nSPS) is 10.8. The van der Waals surface area contributed by atoms with Crippen LogP contribution in [0.4, 0.5) is 0 Å². The van der Waals surface area contributed by atoms with E-state index in [4.69, 9.17) is 5.73 Å². The SMILES string of the molecule is CC(C)Cc1cnc(CCN)cn1. The largest absolute Gasteiger partial charge is 0.330 e. The van der Waals surface area contributed by atoms with Gasteiger partial charge in [0, 0.05) is 18.8 Å². The Morgan fingerprint density at radius 2 is 1.85 bits per heavy atom. The quantitative estimate of drug-likeness (QED) is 0.755. The maximum absolute atomic E-state index is 5.41. The van der Waals surface area contributed by atoms with Gasteiger partial charge in [0.15, 0.2) is 0 Å². The Morgan fingerprint density at radius 1 is 1.23 bits per heavy atom. The second-order valence-electron chi connectivity index (χ2n) is 3.64. The molecule has 1 heterocycles. The van der Waals surface area contributed by atoms with Crippen molar-refractivity contribution in [3.8, 4) is 0 Å². The minimum Gasteiger partial charge on any atom is -0.330 e. The highest BCUT2D eigenvalue weighted by Crippen LogP contribution is 2.03. The van der Waals surface area contributed by atoms with Crippen molar-refractivity contribution in [1.82, 2.24) is 9.97 Å². The van der Waals surface area contributed by atoms with Crippen LogP contribution in [0, 0.1) is 5.92 Å². The average Bonchev–Trinajstić information content (AvgIpc) is 2.08. The molecule has 13 heavy (non-hydrogen) atoms. The van der Waals surface area contributed by atoms with Crippen molar-refractivity contribution in [1.29, 1.82) is 0 Å². The van der Waals surface area contributed by atoms with Crippen LogP contribution in [-0.2, 0) is 12.8 Å². The minimum absolute atomic E-state index is 0.634. The summed E-state index contributed by atoms with van der Waals surface area (Å²) >= 11 is 0. The Kier molecular flexibility index (Phi) is 3.83. The maximum Gasteiger partial charge on any atom is 0.0599 e. The first-order chi connectivity index (χ1) is 6.22. The highest BCUT2D eigenvalue weighted by Gasteiger charge is 1.99. The summed E-state index contributed by atoms with van der Waals surface area (Å²) in [5, 5.41) is 0. The Morgan fingerprint density at radius 3 is 2.31 bits per heavy atom.